The van der Waals surface area contributed by atoms with Gasteiger partial charge in [0.25, 0.3) is 0 Å². The van der Waals surface area contributed by atoms with E-state index in [2.05, 4.69) is 5.32 Å². The van der Waals surface area contributed by atoms with Gasteiger partial charge in [0.2, 0.25) is 5.91 Å². The van der Waals surface area contributed by atoms with Crippen LogP contribution in [0.5, 0.6) is 0 Å². The Bertz CT molecular complexity index is 452. The quantitative estimate of drug-likeness (QED) is 0.660. The molecular weight excluding hydrogens is 232 g/mol. The van der Waals surface area contributed by atoms with Crippen LogP contribution in [-0.4, -0.2) is 48.1 Å². The minimum atomic E-state index is -0.889. The number of nitrogens with zero attached hydrogens (tertiary/aromatic N) is 1. The summed E-state index contributed by atoms with van der Waals surface area (Å²) in [5.74, 6) is 0.263. The van der Waals surface area contributed by atoms with Crippen LogP contribution in [-0.2, 0) is 14.3 Å². The molecule has 5 heterocycles. The number of Topliss-reactive ketones (excluding diaryl/α,β-unsaturated/α-hetero) is 1. The van der Waals surface area contributed by atoms with Crippen molar-refractivity contribution >= 4 is 11.7 Å². The Morgan fingerprint density at radius 1 is 1.56 bits per heavy atom. The molecule has 0 unspecified atom stereocenters. The average Bonchev–Trinajstić information content (AvgIpc) is 2.74. The molecule has 18 heavy (non-hydrogen) atoms. The summed E-state index contributed by atoms with van der Waals surface area (Å²) in [4.78, 5) is 26.6. The number of ketones is 1. The maximum atomic E-state index is 12.7. The van der Waals surface area contributed by atoms with E-state index in [4.69, 9.17) is 4.74 Å². The van der Waals surface area contributed by atoms with Crippen LogP contribution in [0.15, 0.2) is 0 Å². The number of ether oxygens (including phenoxy) is 1. The second-order valence-electron chi connectivity index (χ2n) is 6.14. The van der Waals surface area contributed by atoms with Crippen molar-refractivity contribution in [3.63, 3.8) is 0 Å². The number of amides is 1. The van der Waals surface area contributed by atoms with Crippen LogP contribution in [0, 0.1) is 11.3 Å². The van der Waals surface area contributed by atoms with E-state index >= 15 is 0 Å². The number of hydrogen-bond acceptors (Lipinski definition) is 4. The van der Waals surface area contributed by atoms with Crippen molar-refractivity contribution in [1.29, 1.82) is 0 Å². The van der Waals surface area contributed by atoms with Gasteiger partial charge < -0.3 is 15.0 Å². The molecule has 5 fully saturated rings. The molecule has 5 heteroatoms. The van der Waals surface area contributed by atoms with Crippen molar-refractivity contribution in [2.45, 2.75) is 38.0 Å². The summed E-state index contributed by atoms with van der Waals surface area (Å²) in [6.07, 6.45) is 2.73. The highest BCUT2D eigenvalue weighted by molar-refractivity contribution is 6.06. The van der Waals surface area contributed by atoms with E-state index in [9.17, 15) is 9.59 Å². The maximum Gasteiger partial charge on any atom is 0.240 e. The normalized spacial score (nSPS) is 49.4. The molecule has 0 aromatic rings. The lowest BCUT2D eigenvalue weighted by Gasteiger charge is -2.62. The molecule has 4 atom stereocenters. The number of carbonyl (C=O) groups excluding carboxylic acids is 2. The van der Waals surface area contributed by atoms with Crippen LogP contribution in [0.3, 0.4) is 0 Å². The molecule has 0 aromatic carbocycles. The van der Waals surface area contributed by atoms with Crippen LogP contribution in [0.4, 0.5) is 0 Å². The van der Waals surface area contributed by atoms with Gasteiger partial charge in [-0.2, -0.15) is 0 Å². The van der Waals surface area contributed by atoms with Crippen molar-refractivity contribution in [3.05, 3.63) is 0 Å². The lowest BCUT2D eigenvalue weighted by molar-refractivity contribution is -0.276. The Labute approximate surface area is 106 Å². The van der Waals surface area contributed by atoms with Gasteiger partial charge in [0.05, 0.1) is 12.6 Å². The molecular formula is C13H18N2O3. The number of rotatable bonds is 1. The molecule has 5 nitrogen and oxygen atoms in total. The molecule has 5 rings (SSSR count). The fourth-order valence-electron chi connectivity index (χ4n) is 4.50. The smallest absolute Gasteiger partial charge is 0.240 e. The van der Waals surface area contributed by atoms with Crippen LogP contribution in [0.1, 0.15) is 26.2 Å². The summed E-state index contributed by atoms with van der Waals surface area (Å²) < 4.78 is 6.11. The summed E-state index contributed by atoms with van der Waals surface area (Å²) >= 11 is 0. The highest BCUT2D eigenvalue weighted by Gasteiger charge is 2.71. The molecule has 5 saturated heterocycles. The van der Waals surface area contributed by atoms with Gasteiger partial charge in [-0.25, -0.2) is 0 Å². The summed E-state index contributed by atoms with van der Waals surface area (Å²) in [7, 11) is 0. The molecule has 1 N–H and O–H groups in total. The lowest BCUT2D eigenvalue weighted by atomic mass is 9.64. The first-order valence-electron chi connectivity index (χ1n) is 6.82. The van der Waals surface area contributed by atoms with E-state index in [-0.39, 0.29) is 30.3 Å². The average molecular weight is 250 g/mol. The molecule has 0 saturated carbocycles. The fourth-order valence-corrected chi connectivity index (χ4v) is 4.50. The van der Waals surface area contributed by atoms with Gasteiger partial charge in [0, 0.05) is 19.0 Å². The third-order valence-electron chi connectivity index (χ3n) is 5.46. The van der Waals surface area contributed by atoms with Gasteiger partial charge in [0.15, 0.2) is 5.72 Å². The zero-order valence-corrected chi connectivity index (χ0v) is 10.6. The third kappa shape index (κ3) is 0.947. The summed E-state index contributed by atoms with van der Waals surface area (Å²) in [5.41, 5.74) is -1.33. The Kier molecular flexibility index (Phi) is 1.91. The second-order valence-corrected chi connectivity index (χ2v) is 6.14. The van der Waals surface area contributed by atoms with Crippen LogP contribution >= 0.6 is 0 Å². The van der Waals surface area contributed by atoms with Crippen LogP contribution in [0.25, 0.3) is 0 Å². The Morgan fingerprint density at radius 3 is 3.17 bits per heavy atom. The van der Waals surface area contributed by atoms with Gasteiger partial charge in [0.1, 0.15) is 11.2 Å². The van der Waals surface area contributed by atoms with Crippen LogP contribution < -0.4 is 5.32 Å². The summed E-state index contributed by atoms with van der Waals surface area (Å²) in [6, 6.07) is 0.255. The Balaban J connectivity index is 1.86. The third-order valence-corrected chi connectivity index (χ3v) is 5.46. The van der Waals surface area contributed by atoms with Crippen molar-refractivity contribution in [1.82, 2.24) is 10.2 Å². The zero-order chi connectivity index (χ0) is 12.5. The molecule has 5 aliphatic rings. The Hall–Kier alpha value is -0.940. The van der Waals surface area contributed by atoms with Crippen molar-refractivity contribution in [3.8, 4) is 0 Å². The van der Waals surface area contributed by atoms with Gasteiger partial charge in [-0.3, -0.25) is 9.59 Å². The number of nitrogens with one attached hydrogen (secondary N) is 1. The number of hydrogen-bond donors (Lipinski definition) is 1. The molecule has 98 valence electrons. The van der Waals surface area contributed by atoms with E-state index in [0.29, 0.717) is 6.42 Å². The van der Waals surface area contributed by atoms with E-state index in [1.54, 1.807) is 0 Å². The molecule has 5 aliphatic heterocycles. The number of fused-ring (bicyclic) bond motifs is 1. The number of carbonyl (C=O) groups is 2. The molecule has 2 bridgehead atoms. The monoisotopic (exact) mass is 250 g/mol. The topological polar surface area (TPSA) is 58.6 Å². The number of piperidine rings is 2. The van der Waals surface area contributed by atoms with Gasteiger partial charge in [-0.1, -0.05) is 0 Å². The van der Waals surface area contributed by atoms with Crippen LogP contribution in [0.2, 0.25) is 0 Å². The van der Waals surface area contributed by atoms with E-state index in [1.165, 1.54) is 6.92 Å². The highest BCUT2D eigenvalue weighted by atomic mass is 16.5. The summed E-state index contributed by atoms with van der Waals surface area (Å²) in [6.45, 7) is 3.42. The molecule has 1 amide bonds. The molecule has 0 radical (unpaired) electrons. The lowest BCUT2D eigenvalue weighted by Crippen LogP contribution is -2.77. The zero-order valence-electron chi connectivity index (χ0n) is 10.6. The van der Waals surface area contributed by atoms with E-state index < -0.39 is 11.1 Å². The first kappa shape index (κ1) is 10.9. The predicted molar refractivity (Wildman–Crippen MR) is 62.6 cm³/mol. The maximum absolute atomic E-state index is 12.7. The molecule has 0 aromatic heterocycles. The second kappa shape index (κ2) is 3.14. The van der Waals surface area contributed by atoms with E-state index in [0.717, 1.165) is 25.9 Å². The fraction of sp³-hybridized carbons (Fsp3) is 0.846. The van der Waals surface area contributed by atoms with Crippen molar-refractivity contribution in [2.75, 3.05) is 19.7 Å². The van der Waals surface area contributed by atoms with Crippen molar-refractivity contribution in [2.24, 2.45) is 11.3 Å². The SMILES string of the molecule is CC(=O)[C@]12CO[C@]34[C@@H](CN[C@H]3CCCN4C1=O)C2. The van der Waals surface area contributed by atoms with Gasteiger partial charge >= 0.3 is 0 Å². The van der Waals surface area contributed by atoms with E-state index in [1.807, 2.05) is 4.90 Å². The van der Waals surface area contributed by atoms with Gasteiger partial charge in [-0.15, -0.1) is 0 Å². The largest absolute Gasteiger partial charge is 0.352 e. The minimum Gasteiger partial charge on any atom is -0.352 e. The standard InChI is InChI=1S/C13H18N2O3/c1-8(16)12-5-9-6-14-10-3-2-4-15(11(12)17)13(9,10)18-7-12/h9-10,14H,2-7H2,1H3/t9-,10+,12+,13-/m1/s1. The molecule has 0 aliphatic carbocycles. The Morgan fingerprint density at radius 2 is 2.39 bits per heavy atom. The van der Waals surface area contributed by atoms with Crippen molar-refractivity contribution < 1.29 is 14.3 Å². The summed E-state index contributed by atoms with van der Waals surface area (Å²) in [5, 5.41) is 3.49. The van der Waals surface area contributed by atoms with Gasteiger partial charge in [-0.05, 0) is 26.2 Å². The molecule has 1 spiro atoms. The predicted octanol–water partition coefficient (Wildman–Crippen LogP) is -0.0976. The highest BCUT2D eigenvalue weighted by Crippen LogP contribution is 2.55. The first-order valence-corrected chi connectivity index (χ1v) is 6.82. The minimum absolute atomic E-state index is 0.0194. The first-order chi connectivity index (χ1) is 8.61.